The number of anilines is 1. The first kappa shape index (κ1) is 13.7. The van der Waals surface area contributed by atoms with Gasteiger partial charge in [-0.2, -0.15) is 9.97 Å². The van der Waals surface area contributed by atoms with Crippen molar-refractivity contribution in [3.63, 3.8) is 0 Å². The van der Waals surface area contributed by atoms with Crippen LogP contribution in [-0.2, 0) is 0 Å². The summed E-state index contributed by atoms with van der Waals surface area (Å²) in [6, 6.07) is 0. The van der Waals surface area contributed by atoms with Gasteiger partial charge in [0.25, 0.3) is 0 Å². The smallest absolute Gasteiger partial charge is 0.224 e. The summed E-state index contributed by atoms with van der Waals surface area (Å²) in [4.78, 5) is 21.4. The standard InChI is InChI=1S/C13H17N7/c1-4-5-9(20(2)3)6-7-15-11-10-12(17-8-16-10)19-13(14)18-11/h4-8H,1-3H3,(H3,14,16,17,18,19)/b5-4-,9-6+,15-7+. The number of hydrogen-bond donors (Lipinski definition) is 2. The Labute approximate surface area is 117 Å². The molecule has 0 radical (unpaired) electrons. The molecule has 20 heavy (non-hydrogen) atoms. The summed E-state index contributed by atoms with van der Waals surface area (Å²) in [6.07, 6.45) is 9.06. The fourth-order valence-corrected chi connectivity index (χ4v) is 1.64. The molecule has 0 spiro atoms. The summed E-state index contributed by atoms with van der Waals surface area (Å²) >= 11 is 0. The van der Waals surface area contributed by atoms with Crippen molar-refractivity contribution < 1.29 is 0 Å². The molecule has 0 atom stereocenters. The number of aromatic nitrogens is 4. The van der Waals surface area contributed by atoms with Crippen LogP contribution in [0.1, 0.15) is 6.92 Å². The minimum atomic E-state index is 0.166. The van der Waals surface area contributed by atoms with Gasteiger partial charge in [0.15, 0.2) is 17.0 Å². The molecule has 2 heterocycles. The number of fused-ring (bicyclic) bond motifs is 1. The summed E-state index contributed by atoms with van der Waals surface area (Å²) in [6.45, 7) is 1.97. The summed E-state index contributed by atoms with van der Waals surface area (Å²) in [5, 5.41) is 0. The van der Waals surface area contributed by atoms with E-state index in [0.29, 0.717) is 17.0 Å². The Hall–Kier alpha value is -2.70. The van der Waals surface area contributed by atoms with Crippen molar-refractivity contribution >= 4 is 29.1 Å². The number of hydrogen-bond acceptors (Lipinski definition) is 6. The maximum absolute atomic E-state index is 5.63. The van der Waals surface area contributed by atoms with E-state index in [0.717, 1.165) is 5.70 Å². The number of H-pyrrole nitrogens is 1. The van der Waals surface area contributed by atoms with E-state index in [4.69, 9.17) is 5.73 Å². The quantitative estimate of drug-likeness (QED) is 0.651. The fourth-order valence-electron chi connectivity index (χ4n) is 1.64. The van der Waals surface area contributed by atoms with Gasteiger partial charge in [-0.25, -0.2) is 9.98 Å². The molecular weight excluding hydrogens is 254 g/mol. The molecule has 0 aromatic carbocycles. The third-order valence-electron chi connectivity index (χ3n) is 2.57. The lowest BCUT2D eigenvalue weighted by atomic mass is 10.3. The molecule has 2 aromatic heterocycles. The minimum Gasteiger partial charge on any atom is -0.378 e. The Morgan fingerprint density at radius 3 is 2.90 bits per heavy atom. The minimum absolute atomic E-state index is 0.166. The molecule has 0 bridgehead atoms. The van der Waals surface area contributed by atoms with Crippen LogP contribution in [-0.4, -0.2) is 45.1 Å². The predicted octanol–water partition coefficient (Wildman–Crippen LogP) is 1.66. The van der Waals surface area contributed by atoms with Gasteiger partial charge in [-0.15, -0.1) is 0 Å². The second-order valence-corrected chi connectivity index (χ2v) is 4.27. The van der Waals surface area contributed by atoms with Gasteiger partial charge in [-0.3, -0.25) is 0 Å². The largest absolute Gasteiger partial charge is 0.378 e. The highest BCUT2D eigenvalue weighted by atomic mass is 15.1. The molecule has 2 rings (SSSR count). The Balaban J connectivity index is 2.34. The van der Waals surface area contributed by atoms with Crippen molar-refractivity contribution in [2.75, 3.05) is 19.8 Å². The average molecular weight is 271 g/mol. The normalized spacial score (nSPS) is 12.8. The number of nitrogens with zero attached hydrogens (tertiary/aromatic N) is 5. The molecule has 7 nitrogen and oxygen atoms in total. The summed E-state index contributed by atoms with van der Waals surface area (Å²) < 4.78 is 0. The summed E-state index contributed by atoms with van der Waals surface area (Å²) in [7, 11) is 3.93. The van der Waals surface area contributed by atoms with Crippen LogP contribution in [0.5, 0.6) is 0 Å². The van der Waals surface area contributed by atoms with E-state index in [1.165, 1.54) is 0 Å². The van der Waals surface area contributed by atoms with Crippen molar-refractivity contribution in [2.45, 2.75) is 6.92 Å². The predicted molar refractivity (Wildman–Crippen MR) is 80.8 cm³/mol. The molecule has 0 amide bonds. The number of rotatable bonds is 4. The molecule has 3 N–H and O–H groups in total. The van der Waals surface area contributed by atoms with Gasteiger partial charge >= 0.3 is 0 Å². The molecule has 0 aliphatic carbocycles. The lowest BCUT2D eigenvalue weighted by Crippen LogP contribution is -2.09. The number of aromatic amines is 1. The molecule has 0 unspecified atom stereocenters. The van der Waals surface area contributed by atoms with Crippen LogP contribution in [0.3, 0.4) is 0 Å². The van der Waals surface area contributed by atoms with Crippen LogP contribution < -0.4 is 5.73 Å². The van der Waals surface area contributed by atoms with Gasteiger partial charge in [0, 0.05) is 26.0 Å². The maximum atomic E-state index is 5.63. The van der Waals surface area contributed by atoms with E-state index < -0.39 is 0 Å². The highest BCUT2D eigenvalue weighted by Gasteiger charge is 2.06. The monoisotopic (exact) mass is 271 g/mol. The molecule has 104 valence electrons. The van der Waals surface area contributed by atoms with E-state index in [9.17, 15) is 0 Å². The first-order valence-corrected chi connectivity index (χ1v) is 6.12. The Morgan fingerprint density at radius 2 is 2.20 bits per heavy atom. The van der Waals surface area contributed by atoms with Gasteiger partial charge in [0.1, 0.15) is 0 Å². The molecule has 7 heteroatoms. The highest BCUT2D eigenvalue weighted by Crippen LogP contribution is 2.19. The fraction of sp³-hybridized carbons (Fsp3) is 0.231. The van der Waals surface area contributed by atoms with Crippen LogP contribution in [0.25, 0.3) is 11.2 Å². The maximum Gasteiger partial charge on any atom is 0.224 e. The third kappa shape index (κ3) is 3.00. The number of allylic oxidation sites excluding steroid dienone is 3. The first-order chi connectivity index (χ1) is 9.61. The topological polar surface area (TPSA) is 96.1 Å². The van der Waals surface area contributed by atoms with Crippen LogP contribution in [0, 0.1) is 0 Å². The first-order valence-electron chi connectivity index (χ1n) is 6.12. The van der Waals surface area contributed by atoms with Gasteiger partial charge in [-0.1, -0.05) is 6.08 Å². The number of imidazole rings is 1. The van der Waals surface area contributed by atoms with E-state index in [1.807, 2.05) is 44.1 Å². The highest BCUT2D eigenvalue weighted by molar-refractivity contribution is 5.85. The van der Waals surface area contributed by atoms with Crippen LogP contribution in [0.2, 0.25) is 0 Å². The van der Waals surface area contributed by atoms with Gasteiger partial charge in [0.2, 0.25) is 5.95 Å². The molecule has 0 fully saturated rings. The SMILES string of the molecule is C\C=C/C(=C\C=N\c1nc(N)nc2[nH]cnc12)N(C)C. The zero-order valence-corrected chi connectivity index (χ0v) is 11.7. The van der Waals surface area contributed by atoms with E-state index in [1.54, 1.807) is 12.5 Å². The van der Waals surface area contributed by atoms with Crippen LogP contribution in [0.15, 0.2) is 35.2 Å². The second kappa shape index (κ2) is 5.96. The number of nitrogens with one attached hydrogen (secondary N) is 1. The van der Waals surface area contributed by atoms with Gasteiger partial charge < -0.3 is 15.6 Å². The van der Waals surface area contributed by atoms with Crippen LogP contribution >= 0.6 is 0 Å². The lowest BCUT2D eigenvalue weighted by molar-refractivity contribution is 0.531. The molecule has 0 saturated carbocycles. The molecular formula is C13H17N7. The summed E-state index contributed by atoms with van der Waals surface area (Å²) in [5.74, 6) is 0.614. The van der Waals surface area contributed by atoms with Gasteiger partial charge in [-0.05, 0) is 19.1 Å². The summed E-state index contributed by atoms with van der Waals surface area (Å²) in [5.41, 5.74) is 7.83. The van der Waals surface area contributed by atoms with Crippen molar-refractivity contribution in [3.05, 3.63) is 30.3 Å². The van der Waals surface area contributed by atoms with E-state index in [2.05, 4.69) is 24.9 Å². The zero-order valence-electron chi connectivity index (χ0n) is 11.7. The van der Waals surface area contributed by atoms with E-state index >= 15 is 0 Å². The van der Waals surface area contributed by atoms with Crippen molar-refractivity contribution in [2.24, 2.45) is 4.99 Å². The average Bonchev–Trinajstić information content (AvgIpc) is 2.85. The van der Waals surface area contributed by atoms with E-state index in [-0.39, 0.29) is 5.95 Å². The lowest BCUT2D eigenvalue weighted by Gasteiger charge is -2.12. The Bertz CT molecular complexity index is 679. The Morgan fingerprint density at radius 1 is 1.40 bits per heavy atom. The third-order valence-corrected chi connectivity index (χ3v) is 2.57. The Kier molecular flexibility index (Phi) is 4.09. The number of nitrogens with two attached hydrogens (primary N) is 1. The second-order valence-electron chi connectivity index (χ2n) is 4.27. The van der Waals surface area contributed by atoms with Crippen LogP contribution in [0.4, 0.5) is 11.8 Å². The molecule has 2 aromatic rings. The molecule has 0 saturated heterocycles. The van der Waals surface area contributed by atoms with Crippen molar-refractivity contribution in [3.8, 4) is 0 Å². The number of nitrogen functional groups attached to an aromatic ring is 1. The zero-order chi connectivity index (χ0) is 14.5. The van der Waals surface area contributed by atoms with Crippen molar-refractivity contribution in [1.29, 1.82) is 0 Å². The van der Waals surface area contributed by atoms with Crippen molar-refractivity contribution in [1.82, 2.24) is 24.8 Å². The van der Waals surface area contributed by atoms with Gasteiger partial charge in [0.05, 0.1) is 6.33 Å². The number of likely N-dealkylation sites (N-methyl/N-ethyl adjacent to an activating group) is 1. The molecule has 0 aliphatic rings. The number of aliphatic imine (C=N–C) groups is 1. The molecule has 0 aliphatic heterocycles.